The summed E-state index contributed by atoms with van der Waals surface area (Å²) >= 11 is 7.71. The number of anilines is 1. The van der Waals surface area contributed by atoms with Crippen molar-refractivity contribution in [3.8, 4) is 5.69 Å². The number of carbonyl (C=O) groups is 1. The van der Waals surface area contributed by atoms with Crippen LogP contribution < -0.4 is 5.32 Å². The smallest absolute Gasteiger partial charge is 0.262 e. The molecule has 0 fully saturated rings. The number of hydrogen-bond acceptors (Lipinski definition) is 3. The van der Waals surface area contributed by atoms with E-state index in [1.54, 1.807) is 40.7 Å². The molecule has 3 aromatic rings. The number of fused-ring (bicyclic) bond motifs is 1. The lowest BCUT2D eigenvalue weighted by Gasteiger charge is -2.12. The van der Waals surface area contributed by atoms with E-state index in [1.165, 1.54) is 6.07 Å². The molecule has 0 radical (unpaired) electrons. The molecular weight excluding hydrogens is 380 g/mol. The second-order valence-electron chi connectivity index (χ2n) is 5.71. The van der Waals surface area contributed by atoms with E-state index in [0.717, 1.165) is 23.4 Å². The van der Waals surface area contributed by atoms with Gasteiger partial charge in [0.1, 0.15) is 23.0 Å². The van der Waals surface area contributed by atoms with Crippen LogP contribution in [0.5, 0.6) is 0 Å². The summed E-state index contributed by atoms with van der Waals surface area (Å²) in [6.45, 7) is 0. The van der Waals surface area contributed by atoms with Gasteiger partial charge in [0.2, 0.25) is 0 Å². The molecule has 1 aromatic heterocycles. The molecule has 0 atom stereocenters. The predicted octanol–water partition coefficient (Wildman–Crippen LogP) is 4.80. The number of hydrogen-bond donors (Lipinski definition) is 1. The maximum atomic E-state index is 13.9. The Hall–Kier alpha value is -2.38. The van der Waals surface area contributed by atoms with E-state index in [4.69, 9.17) is 11.6 Å². The molecule has 0 spiro atoms. The molecule has 26 heavy (non-hydrogen) atoms. The van der Waals surface area contributed by atoms with E-state index in [2.05, 4.69) is 10.4 Å². The first-order chi connectivity index (χ1) is 12.5. The van der Waals surface area contributed by atoms with Gasteiger partial charge in [0.15, 0.2) is 0 Å². The van der Waals surface area contributed by atoms with Crippen LogP contribution >= 0.6 is 23.4 Å². The second-order valence-corrected chi connectivity index (χ2v) is 7.13. The minimum Gasteiger partial charge on any atom is -0.306 e. The van der Waals surface area contributed by atoms with E-state index in [0.29, 0.717) is 28.0 Å². The van der Waals surface area contributed by atoms with Crippen molar-refractivity contribution in [1.82, 2.24) is 9.78 Å². The van der Waals surface area contributed by atoms with Crippen LogP contribution in [0.4, 0.5) is 14.6 Å². The largest absolute Gasteiger partial charge is 0.306 e. The van der Waals surface area contributed by atoms with Crippen molar-refractivity contribution < 1.29 is 13.6 Å². The van der Waals surface area contributed by atoms with Gasteiger partial charge in [-0.25, -0.2) is 13.5 Å². The number of nitrogens with one attached hydrogen (secondary N) is 1. The zero-order chi connectivity index (χ0) is 18.3. The summed E-state index contributed by atoms with van der Waals surface area (Å²) in [4.78, 5) is 12.5. The van der Waals surface area contributed by atoms with Crippen molar-refractivity contribution in [3.63, 3.8) is 0 Å². The van der Waals surface area contributed by atoms with Crippen LogP contribution in [0.2, 0.25) is 5.02 Å². The van der Waals surface area contributed by atoms with Crippen molar-refractivity contribution in [2.45, 2.75) is 11.5 Å². The van der Waals surface area contributed by atoms with Crippen LogP contribution in [0.1, 0.15) is 21.6 Å². The maximum absolute atomic E-state index is 13.9. The van der Waals surface area contributed by atoms with Gasteiger partial charge in [0, 0.05) is 22.1 Å². The summed E-state index contributed by atoms with van der Waals surface area (Å²) in [6.07, 6.45) is 0. The highest BCUT2D eigenvalue weighted by Crippen LogP contribution is 2.36. The Morgan fingerprint density at radius 2 is 1.88 bits per heavy atom. The lowest BCUT2D eigenvalue weighted by atomic mass is 10.1. The van der Waals surface area contributed by atoms with E-state index in [1.807, 2.05) is 0 Å². The normalized spacial score (nSPS) is 12.9. The first kappa shape index (κ1) is 17.1. The second kappa shape index (κ2) is 6.74. The van der Waals surface area contributed by atoms with Crippen molar-refractivity contribution in [1.29, 1.82) is 0 Å². The lowest BCUT2D eigenvalue weighted by molar-refractivity contribution is 0.101. The molecule has 4 rings (SSSR count). The Kier molecular flexibility index (Phi) is 4.42. The average molecular weight is 392 g/mol. The van der Waals surface area contributed by atoms with Crippen LogP contribution in [0, 0.1) is 11.6 Å². The van der Waals surface area contributed by atoms with Gasteiger partial charge < -0.3 is 5.32 Å². The van der Waals surface area contributed by atoms with E-state index < -0.39 is 23.1 Å². The number of benzene rings is 2. The number of aromatic nitrogens is 2. The van der Waals surface area contributed by atoms with E-state index >= 15 is 0 Å². The zero-order valence-corrected chi connectivity index (χ0v) is 14.9. The van der Waals surface area contributed by atoms with Gasteiger partial charge in [-0.15, -0.1) is 0 Å². The first-order valence-corrected chi connectivity index (χ1v) is 9.27. The Balaban J connectivity index is 1.78. The van der Waals surface area contributed by atoms with Gasteiger partial charge >= 0.3 is 0 Å². The molecule has 1 aliphatic rings. The van der Waals surface area contributed by atoms with Crippen LogP contribution in [0.3, 0.4) is 0 Å². The molecule has 132 valence electrons. The topological polar surface area (TPSA) is 46.9 Å². The molecule has 2 heterocycles. The van der Waals surface area contributed by atoms with Crippen LogP contribution in [-0.2, 0) is 11.5 Å². The number of carbonyl (C=O) groups excluding carboxylic acids is 1. The SMILES string of the molecule is O=C(Nc1c2c(nn1-c1cccc(Cl)c1)CSC2)c1c(F)cccc1F. The highest BCUT2D eigenvalue weighted by molar-refractivity contribution is 7.98. The van der Waals surface area contributed by atoms with Crippen molar-refractivity contribution >= 4 is 35.1 Å². The third-order valence-electron chi connectivity index (χ3n) is 4.03. The molecule has 0 saturated carbocycles. The molecule has 1 amide bonds. The molecule has 1 N–H and O–H groups in total. The average Bonchev–Trinajstić information content (AvgIpc) is 3.17. The quantitative estimate of drug-likeness (QED) is 0.697. The van der Waals surface area contributed by atoms with Gasteiger partial charge in [0.05, 0.1) is 11.4 Å². The number of halogens is 3. The van der Waals surface area contributed by atoms with Gasteiger partial charge in [-0.2, -0.15) is 16.9 Å². The van der Waals surface area contributed by atoms with Crippen LogP contribution in [0.15, 0.2) is 42.5 Å². The molecule has 1 aliphatic heterocycles. The Bertz CT molecular complexity index is 1000. The number of nitrogens with zero attached hydrogens (tertiary/aromatic N) is 2. The fourth-order valence-corrected chi connectivity index (χ4v) is 4.04. The van der Waals surface area contributed by atoms with Gasteiger partial charge in [-0.1, -0.05) is 23.7 Å². The zero-order valence-electron chi connectivity index (χ0n) is 13.3. The standard InChI is InChI=1S/C18H12ClF2N3OS/c19-10-3-1-4-11(7-10)24-17(12-8-26-9-15(12)23-24)22-18(25)16-13(20)5-2-6-14(16)21/h1-7H,8-9H2,(H,22,25). The lowest BCUT2D eigenvalue weighted by Crippen LogP contribution is -2.19. The summed E-state index contributed by atoms with van der Waals surface area (Å²) in [5.74, 6) is -0.918. The Labute approximate surface area is 157 Å². The molecular formula is C18H12ClF2N3OS. The van der Waals surface area contributed by atoms with E-state index in [-0.39, 0.29) is 0 Å². The fraction of sp³-hybridized carbons (Fsp3) is 0.111. The Morgan fingerprint density at radius 1 is 1.15 bits per heavy atom. The van der Waals surface area contributed by atoms with Crippen molar-refractivity contribution in [2.75, 3.05) is 5.32 Å². The summed E-state index contributed by atoms with van der Waals surface area (Å²) in [6, 6.07) is 10.3. The monoisotopic (exact) mass is 391 g/mol. The summed E-state index contributed by atoms with van der Waals surface area (Å²) in [7, 11) is 0. The molecule has 0 unspecified atom stereocenters. The van der Waals surface area contributed by atoms with Gasteiger partial charge in [-0.05, 0) is 30.3 Å². The summed E-state index contributed by atoms with van der Waals surface area (Å²) < 4.78 is 29.4. The third kappa shape index (κ3) is 2.97. The van der Waals surface area contributed by atoms with E-state index in [9.17, 15) is 13.6 Å². The van der Waals surface area contributed by atoms with Crippen molar-refractivity contribution in [2.24, 2.45) is 0 Å². The summed E-state index contributed by atoms with van der Waals surface area (Å²) in [5, 5.41) is 7.68. The van der Waals surface area contributed by atoms with Crippen molar-refractivity contribution in [3.05, 3.63) is 75.9 Å². The summed E-state index contributed by atoms with van der Waals surface area (Å²) in [5.41, 5.74) is 1.71. The minimum atomic E-state index is -0.914. The third-order valence-corrected chi connectivity index (χ3v) is 5.23. The highest BCUT2D eigenvalue weighted by Gasteiger charge is 2.26. The number of amides is 1. The molecule has 4 nitrogen and oxygen atoms in total. The van der Waals surface area contributed by atoms with Gasteiger partial charge in [-0.3, -0.25) is 4.79 Å². The minimum absolute atomic E-state index is 0.403. The highest BCUT2D eigenvalue weighted by atomic mass is 35.5. The molecule has 0 aliphatic carbocycles. The Morgan fingerprint density at radius 3 is 2.62 bits per heavy atom. The maximum Gasteiger partial charge on any atom is 0.262 e. The predicted molar refractivity (Wildman–Crippen MR) is 97.9 cm³/mol. The molecule has 8 heteroatoms. The molecule has 0 saturated heterocycles. The fourth-order valence-electron chi connectivity index (χ4n) is 2.82. The first-order valence-electron chi connectivity index (χ1n) is 7.74. The van der Waals surface area contributed by atoms with Gasteiger partial charge in [0.25, 0.3) is 5.91 Å². The molecule has 2 aromatic carbocycles. The van der Waals surface area contributed by atoms with Crippen LogP contribution in [0.25, 0.3) is 5.69 Å². The van der Waals surface area contributed by atoms with Crippen LogP contribution in [-0.4, -0.2) is 15.7 Å². The number of thioether (sulfide) groups is 1. The number of rotatable bonds is 3. The molecule has 0 bridgehead atoms.